The Balaban J connectivity index is 1.85. The van der Waals surface area contributed by atoms with E-state index in [0.717, 1.165) is 39.1 Å². The molecular formula is C21H29N3. The summed E-state index contributed by atoms with van der Waals surface area (Å²) in [5.74, 6) is 0. The van der Waals surface area contributed by atoms with Crippen molar-refractivity contribution in [2.24, 2.45) is 5.73 Å². The second-order valence-electron chi connectivity index (χ2n) is 6.91. The van der Waals surface area contributed by atoms with E-state index in [4.69, 9.17) is 5.73 Å². The van der Waals surface area contributed by atoms with Crippen LogP contribution in [0, 0.1) is 0 Å². The van der Waals surface area contributed by atoms with Gasteiger partial charge >= 0.3 is 0 Å². The number of likely N-dealkylation sites (N-methyl/N-ethyl adjacent to an activating group) is 1. The molecule has 3 nitrogen and oxygen atoms in total. The largest absolute Gasteiger partial charge is 0.329 e. The molecule has 0 saturated carbocycles. The van der Waals surface area contributed by atoms with Crippen LogP contribution < -0.4 is 5.73 Å². The number of nitrogens with zero attached hydrogens (tertiary/aromatic N) is 2. The highest BCUT2D eigenvalue weighted by atomic mass is 15.2. The van der Waals surface area contributed by atoms with Crippen molar-refractivity contribution in [2.45, 2.75) is 11.8 Å². The molecule has 3 rings (SSSR count). The highest BCUT2D eigenvalue weighted by molar-refractivity contribution is 5.40. The Labute approximate surface area is 146 Å². The van der Waals surface area contributed by atoms with Crippen LogP contribution in [0.4, 0.5) is 0 Å². The van der Waals surface area contributed by atoms with Crippen LogP contribution in [-0.4, -0.2) is 56.1 Å². The summed E-state index contributed by atoms with van der Waals surface area (Å²) in [5, 5.41) is 0. The third-order valence-electron chi connectivity index (χ3n) is 5.45. The van der Waals surface area contributed by atoms with E-state index in [-0.39, 0.29) is 5.41 Å². The minimum absolute atomic E-state index is 0.105. The van der Waals surface area contributed by atoms with Gasteiger partial charge in [-0.3, -0.25) is 0 Å². The lowest BCUT2D eigenvalue weighted by molar-refractivity contribution is 0.146. The zero-order chi connectivity index (χ0) is 16.8. The summed E-state index contributed by atoms with van der Waals surface area (Å²) in [6.07, 6.45) is 1.06. The van der Waals surface area contributed by atoms with E-state index in [1.165, 1.54) is 11.1 Å². The van der Waals surface area contributed by atoms with Crippen LogP contribution in [0.3, 0.4) is 0 Å². The van der Waals surface area contributed by atoms with Gasteiger partial charge in [-0.15, -0.1) is 0 Å². The maximum atomic E-state index is 6.38. The number of piperazine rings is 1. The van der Waals surface area contributed by atoms with Crippen molar-refractivity contribution in [2.75, 3.05) is 46.3 Å². The SMILES string of the molecule is CN1CCN(CCC(CN)(c2ccccc2)c2ccccc2)CC1. The molecule has 0 radical (unpaired) electrons. The van der Waals surface area contributed by atoms with E-state index in [9.17, 15) is 0 Å². The van der Waals surface area contributed by atoms with Gasteiger partial charge < -0.3 is 15.5 Å². The van der Waals surface area contributed by atoms with Gasteiger partial charge in [0.25, 0.3) is 0 Å². The first kappa shape index (κ1) is 17.2. The summed E-state index contributed by atoms with van der Waals surface area (Å²) in [7, 11) is 2.20. The first-order valence-corrected chi connectivity index (χ1v) is 8.97. The Hall–Kier alpha value is -1.68. The molecule has 3 heteroatoms. The second kappa shape index (κ2) is 7.93. The van der Waals surface area contributed by atoms with Gasteiger partial charge in [0.2, 0.25) is 0 Å². The molecule has 2 aromatic rings. The predicted octanol–water partition coefficient (Wildman–Crippen LogP) is 2.57. The van der Waals surface area contributed by atoms with Crippen molar-refractivity contribution in [3.8, 4) is 0 Å². The molecular weight excluding hydrogens is 294 g/mol. The third-order valence-corrected chi connectivity index (χ3v) is 5.45. The number of hydrogen-bond donors (Lipinski definition) is 1. The van der Waals surface area contributed by atoms with Gasteiger partial charge in [-0.2, -0.15) is 0 Å². The summed E-state index contributed by atoms with van der Waals surface area (Å²) >= 11 is 0. The zero-order valence-electron chi connectivity index (χ0n) is 14.7. The molecule has 1 heterocycles. The molecule has 0 amide bonds. The minimum atomic E-state index is -0.105. The lowest BCUT2D eigenvalue weighted by Gasteiger charge is -2.38. The van der Waals surface area contributed by atoms with Gasteiger partial charge in [0.1, 0.15) is 0 Å². The van der Waals surface area contributed by atoms with Gasteiger partial charge in [0.05, 0.1) is 0 Å². The number of benzene rings is 2. The minimum Gasteiger partial charge on any atom is -0.329 e. The monoisotopic (exact) mass is 323 g/mol. The summed E-state index contributed by atoms with van der Waals surface area (Å²) in [4.78, 5) is 4.98. The van der Waals surface area contributed by atoms with E-state index in [0.29, 0.717) is 6.54 Å². The van der Waals surface area contributed by atoms with Gasteiger partial charge in [-0.1, -0.05) is 60.7 Å². The number of hydrogen-bond acceptors (Lipinski definition) is 3. The lowest BCUT2D eigenvalue weighted by Crippen LogP contribution is -2.47. The van der Waals surface area contributed by atoms with E-state index in [1.807, 2.05) is 0 Å². The Kier molecular flexibility index (Phi) is 5.67. The fourth-order valence-corrected chi connectivity index (χ4v) is 3.73. The quantitative estimate of drug-likeness (QED) is 0.887. The highest BCUT2D eigenvalue weighted by Crippen LogP contribution is 2.35. The second-order valence-corrected chi connectivity index (χ2v) is 6.91. The molecule has 1 saturated heterocycles. The fourth-order valence-electron chi connectivity index (χ4n) is 3.73. The molecule has 2 N–H and O–H groups in total. The van der Waals surface area contributed by atoms with E-state index in [1.54, 1.807) is 0 Å². The first-order valence-electron chi connectivity index (χ1n) is 8.97. The van der Waals surface area contributed by atoms with E-state index < -0.39 is 0 Å². The summed E-state index contributed by atoms with van der Waals surface area (Å²) in [6.45, 7) is 6.35. The molecule has 0 aromatic heterocycles. The van der Waals surface area contributed by atoms with Crippen molar-refractivity contribution in [3.05, 3.63) is 71.8 Å². The van der Waals surface area contributed by atoms with Crippen LogP contribution in [0.1, 0.15) is 17.5 Å². The Morgan fingerprint density at radius 1 is 0.833 bits per heavy atom. The number of rotatable bonds is 6. The summed E-state index contributed by atoms with van der Waals surface area (Å²) < 4.78 is 0. The van der Waals surface area contributed by atoms with Crippen LogP contribution in [-0.2, 0) is 5.41 Å². The van der Waals surface area contributed by atoms with Gasteiger partial charge in [-0.05, 0) is 31.1 Å². The molecule has 128 valence electrons. The van der Waals surface area contributed by atoms with Crippen molar-refractivity contribution < 1.29 is 0 Å². The average Bonchev–Trinajstić information content (AvgIpc) is 2.66. The molecule has 0 unspecified atom stereocenters. The summed E-state index contributed by atoms with van der Waals surface area (Å²) in [5.41, 5.74) is 8.93. The lowest BCUT2D eigenvalue weighted by atomic mass is 9.72. The van der Waals surface area contributed by atoms with E-state index >= 15 is 0 Å². The van der Waals surface area contributed by atoms with Gasteiger partial charge in [0, 0.05) is 38.1 Å². The fraction of sp³-hybridized carbons (Fsp3) is 0.429. The summed E-state index contributed by atoms with van der Waals surface area (Å²) in [6, 6.07) is 21.6. The molecule has 24 heavy (non-hydrogen) atoms. The topological polar surface area (TPSA) is 32.5 Å². The molecule has 1 aliphatic heterocycles. The average molecular weight is 323 g/mol. The van der Waals surface area contributed by atoms with Crippen molar-refractivity contribution in [3.63, 3.8) is 0 Å². The van der Waals surface area contributed by atoms with E-state index in [2.05, 4.69) is 77.5 Å². The van der Waals surface area contributed by atoms with Crippen LogP contribution in [0.5, 0.6) is 0 Å². The van der Waals surface area contributed by atoms with Crippen LogP contribution >= 0.6 is 0 Å². The third kappa shape index (κ3) is 3.69. The van der Waals surface area contributed by atoms with Crippen LogP contribution in [0.25, 0.3) is 0 Å². The smallest absolute Gasteiger partial charge is 0.0337 e. The number of nitrogens with two attached hydrogens (primary N) is 1. The Morgan fingerprint density at radius 2 is 1.33 bits per heavy atom. The zero-order valence-corrected chi connectivity index (χ0v) is 14.7. The first-order chi connectivity index (χ1) is 11.7. The normalized spacial score (nSPS) is 17.1. The van der Waals surface area contributed by atoms with Crippen LogP contribution in [0.15, 0.2) is 60.7 Å². The molecule has 1 fully saturated rings. The Bertz CT molecular complexity index is 564. The maximum Gasteiger partial charge on any atom is 0.0337 e. The molecule has 1 aliphatic rings. The molecule has 0 atom stereocenters. The molecule has 0 aliphatic carbocycles. The molecule has 0 spiro atoms. The maximum absolute atomic E-state index is 6.38. The predicted molar refractivity (Wildman–Crippen MR) is 101 cm³/mol. The van der Waals surface area contributed by atoms with Crippen molar-refractivity contribution in [1.82, 2.24) is 9.80 Å². The Morgan fingerprint density at radius 3 is 1.79 bits per heavy atom. The molecule has 2 aromatic carbocycles. The van der Waals surface area contributed by atoms with Gasteiger partial charge in [-0.25, -0.2) is 0 Å². The highest BCUT2D eigenvalue weighted by Gasteiger charge is 2.33. The van der Waals surface area contributed by atoms with Crippen molar-refractivity contribution >= 4 is 0 Å². The van der Waals surface area contributed by atoms with Gasteiger partial charge in [0.15, 0.2) is 0 Å². The van der Waals surface area contributed by atoms with Crippen molar-refractivity contribution in [1.29, 1.82) is 0 Å². The van der Waals surface area contributed by atoms with Crippen LogP contribution in [0.2, 0.25) is 0 Å². The molecule has 0 bridgehead atoms. The standard InChI is InChI=1S/C21H29N3/c1-23-14-16-24(17-15-23)13-12-21(18-22,19-8-4-2-5-9-19)20-10-6-3-7-11-20/h2-11H,12-18,22H2,1H3.